The highest BCUT2D eigenvalue weighted by atomic mass is 16.3. The molecular formula is C20H22N4O4. The number of rotatable bonds is 3. The molecule has 8 heteroatoms. The number of hydrogen-bond acceptors (Lipinski definition) is 5. The molecule has 3 aliphatic rings. The molecule has 1 spiro atoms. The predicted octanol–water partition coefficient (Wildman–Crippen LogP) is 0.421. The van der Waals surface area contributed by atoms with Gasteiger partial charge in [0.2, 0.25) is 17.7 Å². The fourth-order valence-corrected chi connectivity index (χ4v) is 4.62. The number of nitriles is 1. The number of carbonyl (C=O) groups excluding carboxylic acids is 3. The summed E-state index contributed by atoms with van der Waals surface area (Å²) in [5, 5.41) is 24.9. The van der Waals surface area contributed by atoms with Crippen molar-refractivity contribution < 1.29 is 19.5 Å². The van der Waals surface area contributed by atoms with Crippen molar-refractivity contribution in [2.75, 3.05) is 11.9 Å². The summed E-state index contributed by atoms with van der Waals surface area (Å²) in [5.74, 6) is -1.17. The first-order valence-corrected chi connectivity index (χ1v) is 9.52. The number of carbonyl (C=O) groups is 3. The molecule has 4 rings (SSSR count). The van der Waals surface area contributed by atoms with Crippen molar-refractivity contribution in [3.05, 3.63) is 29.8 Å². The van der Waals surface area contributed by atoms with Gasteiger partial charge in [-0.05, 0) is 30.9 Å². The van der Waals surface area contributed by atoms with E-state index in [0.717, 1.165) is 12.0 Å². The van der Waals surface area contributed by atoms with Crippen LogP contribution in [0.1, 0.15) is 37.7 Å². The van der Waals surface area contributed by atoms with Crippen LogP contribution >= 0.6 is 0 Å². The van der Waals surface area contributed by atoms with E-state index in [2.05, 4.69) is 16.7 Å². The van der Waals surface area contributed by atoms with Crippen LogP contribution in [0.4, 0.5) is 5.69 Å². The van der Waals surface area contributed by atoms with Crippen molar-refractivity contribution in [2.45, 2.75) is 55.7 Å². The minimum atomic E-state index is -0.954. The van der Waals surface area contributed by atoms with Crippen LogP contribution in [0.25, 0.3) is 0 Å². The van der Waals surface area contributed by atoms with Crippen LogP contribution in [0.2, 0.25) is 0 Å². The van der Waals surface area contributed by atoms with Gasteiger partial charge in [0.1, 0.15) is 12.5 Å². The summed E-state index contributed by atoms with van der Waals surface area (Å²) in [4.78, 5) is 39.1. The monoisotopic (exact) mass is 382 g/mol. The molecule has 2 fully saturated rings. The van der Waals surface area contributed by atoms with E-state index in [1.807, 2.05) is 18.2 Å². The number of benzene rings is 1. The van der Waals surface area contributed by atoms with E-state index >= 15 is 0 Å². The number of fused-ring (bicyclic) bond motifs is 2. The van der Waals surface area contributed by atoms with Gasteiger partial charge in [-0.3, -0.25) is 14.4 Å². The smallest absolute Gasteiger partial charge is 0.237 e. The molecule has 2 heterocycles. The van der Waals surface area contributed by atoms with Crippen LogP contribution in [-0.2, 0) is 19.8 Å². The molecule has 0 unspecified atom stereocenters. The lowest BCUT2D eigenvalue weighted by Gasteiger charge is -2.23. The zero-order valence-electron chi connectivity index (χ0n) is 15.4. The second kappa shape index (κ2) is 6.91. The molecule has 8 nitrogen and oxygen atoms in total. The predicted molar refractivity (Wildman–Crippen MR) is 98.9 cm³/mol. The van der Waals surface area contributed by atoms with Crippen LogP contribution < -0.4 is 10.6 Å². The molecule has 0 bridgehead atoms. The second-order valence-corrected chi connectivity index (χ2v) is 7.80. The molecule has 4 atom stereocenters. The molecule has 1 aromatic carbocycles. The molecule has 1 aromatic rings. The van der Waals surface area contributed by atoms with E-state index in [9.17, 15) is 24.8 Å². The van der Waals surface area contributed by atoms with Gasteiger partial charge in [0.05, 0.1) is 23.6 Å². The number of para-hydroxylation sites is 1. The molecule has 0 aromatic heterocycles. The van der Waals surface area contributed by atoms with Gasteiger partial charge in [0, 0.05) is 18.7 Å². The van der Waals surface area contributed by atoms with Gasteiger partial charge in [-0.25, -0.2) is 0 Å². The van der Waals surface area contributed by atoms with Gasteiger partial charge in [-0.2, -0.15) is 5.26 Å². The molecule has 3 N–H and O–H groups in total. The fraction of sp³-hybridized carbons (Fsp3) is 0.500. The third-order valence-corrected chi connectivity index (χ3v) is 6.09. The largest absolute Gasteiger partial charge is 0.391 e. The molecular weight excluding hydrogens is 360 g/mol. The Morgan fingerprint density at radius 3 is 2.86 bits per heavy atom. The van der Waals surface area contributed by atoms with E-state index in [1.165, 1.54) is 4.90 Å². The first-order valence-electron chi connectivity index (χ1n) is 9.52. The minimum absolute atomic E-state index is 0.0756. The van der Waals surface area contributed by atoms with Gasteiger partial charge < -0.3 is 20.6 Å². The summed E-state index contributed by atoms with van der Waals surface area (Å²) < 4.78 is 0. The number of nitrogens with zero attached hydrogens (tertiary/aromatic N) is 2. The summed E-state index contributed by atoms with van der Waals surface area (Å²) in [6.45, 7) is 0.0756. The molecule has 1 saturated heterocycles. The lowest BCUT2D eigenvalue weighted by atomic mass is 9.80. The summed E-state index contributed by atoms with van der Waals surface area (Å²) in [6, 6.07) is 8.29. The molecule has 1 saturated carbocycles. The van der Waals surface area contributed by atoms with Gasteiger partial charge >= 0.3 is 0 Å². The number of aliphatic hydroxyl groups is 1. The minimum Gasteiger partial charge on any atom is -0.391 e. The summed E-state index contributed by atoms with van der Waals surface area (Å²) in [5.41, 5.74) is 0.533. The maximum atomic E-state index is 12.8. The zero-order valence-corrected chi connectivity index (χ0v) is 15.4. The number of amides is 3. The second-order valence-electron chi connectivity index (χ2n) is 7.80. The number of nitrogens with one attached hydrogen (secondary N) is 2. The van der Waals surface area contributed by atoms with Gasteiger partial charge in [-0.1, -0.05) is 18.2 Å². The maximum Gasteiger partial charge on any atom is 0.237 e. The van der Waals surface area contributed by atoms with E-state index in [0.29, 0.717) is 18.5 Å². The molecule has 1 aliphatic carbocycles. The number of anilines is 1. The summed E-state index contributed by atoms with van der Waals surface area (Å²) in [6.07, 6.45) is 1.38. The average molecular weight is 382 g/mol. The Morgan fingerprint density at radius 2 is 2.14 bits per heavy atom. The van der Waals surface area contributed by atoms with Crippen LogP contribution in [0.5, 0.6) is 0 Å². The van der Waals surface area contributed by atoms with Crippen molar-refractivity contribution in [3.8, 4) is 6.07 Å². The Bertz CT molecular complexity index is 879. The third kappa shape index (κ3) is 2.92. The van der Waals surface area contributed by atoms with Gasteiger partial charge in [-0.15, -0.1) is 0 Å². The lowest BCUT2D eigenvalue weighted by molar-refractivity contribution is -0.136. The lowest BCUT2D eigenvalue weighted by Crippen LogP contribution is -2.44. The summed E-state index contributed by atoms with van der Waals surface area (Å²) in [7, 11) is 0. The number of likely N-dealkylation sites (tertiary alicyclic amines) is 1. The Kier molecular flexibility index (Phi) is 4.55. The Hall–Kier alpha value is -2.92. The van der Waals surface area contributed by atoms with Crippen LogP contribution in [0.15, 0.2) is 24.3 Å². The quantitative estimate of drug-likeness (QED) is 0.654. The molecule has 0 radical (unpaired) electrons. The zero-order chi connectivity index (χ0) is 19.9. The maximum absolute atomic E-state index is 12.8. The first-order chi connectivity index (χ1) is 13.4. The van der Waals surface area contributed by atoms with Crippen LogP contribution in [-0.4, -0.2) is 52.5 Å². The van der Waals surface area contributed by atoms with Crippen LogP contribution in [0, 0.1) is 11.3 Å². The van der Waals surface area contributed by atoms with Crippen molar-refractivity contribution in [1.29, 1.82) is 5.26 Å². The normalized spacial score (nSPS) is 30.8. The van der Waals surface area contributed by atoms with E-state index in [4.69, 9.17) is 0 Å². The fourth-order valence-electron chi connectivity index (χ4n) is 4.62. The number of hydrogen-bond donors (Lipinski definition) is 3. The summed E-state index contributed by atoms with van der Waals surface area (Å²) >= 11 is 0. The van der Waals surface area contributed by atoms with E-state index < -0.39 is 35.8 Å². The van der Waals surface area contributed by atoms with Gasteiger partial charge in [0.25, 0.3) is 0 Å². The van der Waals surface area contributed by atoms with Gasteiger partial charge in [0.15, 0.2) is 0 Å². The standard InChI is InChI=1S/C20H22N4O4/c21-10-12-9-20(13-4-1-2-5-14(13)23-19(20)28)11-24(12)18(27)8-17(26)22-15-6-3-7-16(15)25/h1-2,4-5,12,15-16,25H,3,6-9,11H2,(H,22,26)(H,23,28)/t12-,15-,16+,20-/m0/s1. The highest BCUT2D eigenvalue weighted by Gasteiger charge is 2.55. The molecule has 28 heavy (non-hydrogen) atoms. The van der Waals surface area contributed by atoms with E-state index in [-0.39, 0.29) is 24.9 Å². The molecule has 3 amide bonds. The van der Waals surface area contributed by atoms with E-state index in [1.54, 1.807) is 6.07 Å². The van der Waals surface area contributed by atoms with Crippen molar-refractivity contribution in [1.82, 2.24) is 10.2 Å². The Morgan fingerprint density at radius 1 is 1.36 bits per heavy atom. The molecule has 146 valence electrons. The highest BCUT2D eigenvalue weighted by molar-refractivity contribution is 6.07. The SMILES string of the molecule is N#C[C@@H]1C[C@@]2(CN1C(=O)CC(=O)N[C@H]1CCC[C@H]1O)C(=O)Nc1ccccc12. The Labute approximate surface area is 162 Å². The van der Waals surface area contributed by atoms with Crippen molar-refractivity contribution in [3.63, 3.8) is 0 Å². The first kappa shape index (κ1) is 18.4. The topological polar surface area (TPSA) is 123 Å². The molecule has 2 aliphatic heterocycles. The third-order valence-electron chi connectivity index (χ3n) is 6.09. The highest BCUT2D eigenvalue weighted by Crippen LogP contribution is 2.46. The van der Waals surface area contributed by atoms with Crippen molar-refractivity contribution in [2.24, 2.45) is 0 Å². The Balaban J connectivity index is 1.49. The average Bonchev–Trinajstić information content (AvgIpc) is 3.33. The number of aliphatic hydroxyl groups excluding tert-OH is 1. The van der Waals surface area contributed by atoms with Crippen molar-refractivity contribution >= 4 is 23.4 Å². The van der Waals surface area contributed by atoms with Crippen LogP contribution in [0.3, 0.4) is 0 Å².